The Morgan fingerprint density at radius 1 is 1.08 bits per heavy atom. The molecule has 25 heavy (non-hydrogen) atoms. The molecule has 0 atom stereocenters. The molecule has 1 aromatic carbocycles. The Labute approximate surface area is 152 Å². The standard InChI is InChI=1S/C24H30O/c1-18(11-16-23-19(2)9-7-17-24(23,4)5)8-6-10-21-12-14-22(15-13-21)20(3)25/h6,8,10-16H,7,9,17H2,1-5H3/b10-6+,16-11+,18-8+. The number of allylic oxidation sites excluding steroid dienone is 7. The summed E-state index contributed by atoms with van der Waals surface area (Å²) in [6.45, 7) is 10.7. The van der Waals surface area contributed by atoms with Gasteiger partial charge >= 0.3 is 0 Å². The molecule has 1 heteroatoms. The number of Topliss-reactive ketones (excluding diaryl/α,β-unsaturated/α-hetero) is 1. The number of rotatable bonds is 5. The van der Waals surface area contributed by atoms with Crippen LogP contribution in [-0.4, -0.2) is 5.78 Å². The number of hydrogen-bond donors (Lipinski definition) is 0. The number of carbonyl (C=O) groups excluding carboxylic acids is 1. The summed E-state index contributed by atoms with van der Waals surface area (Å²) >= 11 is 0. The first-order valence-corrected chi connectivity index (χ1v) is 9.14. The second-order valence-electron chi connectivity index (χ2n) is 7.71. The van der Waals surface area contributed by atoms with Crippen LogP contribution in [0.4, 0.5) is 0 Å². The van der Waals surface area contributed by atoms with Crippen LogP contribution in [0.5, 0.6) is 0 Å². The third-order valence-corrected chi connectivity index (χ3v) is 5.02. The predicted molar refractivity (Wildman–Crippen MR) is 109 cm³/mol. The van der Waals surface area contributed by atoms with Gasteiger partial charge in [0.05, 0.1) is 0 Å². The zero-order chi connectivity index (χ0) is 18.4. The molecule has 1 nitrogen and oxygen atoms in total. The van der Waals surface area contributed by atoms with E-state index in [-0.39, 0.29) is 11.2 Å². The van der Waals surface area contributed by atoms with E-state index in [0.717, 1.165) is 11.1 Å². The highest BCUT2D eigenvalue weighted by Crippen LogP contribution is 2.40. The van der Waals surface area contributed by atoms with Crippen LogP contribution in [0.15, 0.2) is 65.3 Å². The normalized spacial score (nSPS) is 18.4. The molecule has 0 aliphatic heterocycles. The van der Waals surface area contributed by atoms with E-state index < -0.39 is 0 Å². The summed E-state index contributed by atoms with van der Waals surface area (Å²) in [6, 6.07) is 7.70. The molecular weight excluding hydrogens is 304 g/mol. The molecule has 132 valence electrons. The van der Waals surface area contributed by atoms with Crippen molar-refractivity contribution in [3.05, 3.63) is 76.4 Å². The minimum absolute atomic E-state index is 0.103. The first-order valence-electron chi connectivity index (χ1n) is 9.14. The fourth-order valence-electron chi connectivity index (χ4n) is 3.42. The highest BCUT2D eigenvalue weighted by atomic mass is 16.1. The average molecular weight is 335 g/mol. The van der Waals surface area contributed by atoms with Crippen molar-refractivity contribution < 1.29 is 4.79 Å². The van der Waals surface area contributed by atoms with Crippen LogP contribution >= 0.6 is 0 Å². The summed E-state index contributed by atoms with van der Waals surface area (Å²) in [5, 5.41) is 0. The maximum Gasteiger partial charge on any atom is 0.159 e. The van der Waals surface area contributed by atoms with E-state index in [1.54, 1.807) is 6.92 Å². The van der Waals surface area contributed by atoms with E-state index in [1.807, 2.05) is 24.3 Å². The maximum atomic E-state index is 11.3. The van der Waals surface area contributed by atoms with Crippen LogP contribution in [0.25, 0.3) is 6.08 Å². The van der Waals surface area contributed by atoms with Gasteiger partial charge in [-0.15, -0.1) is 0 Å². The summed E-state index contributed by atoms with van der Waals surface area (Å²) < 4.78 is 0. The lowest BCUT2D eigenvalue weighted by Gasteiger charge is -2.32. The van der Waals surface area contributed by atoms with Gasteiger partial charge < -0.3 is 0 Å². The molecule has 0 heterocycles. The van der Waals surface area contributed by atoms with Gasteiger partial charge in [0.2, 0.25) is 0 Å². The monoisotopic (exact) mass is 334 g/mol. The minimum atomic E-state index is 0.103. The molecule has 1 aliphatic rings. The molecule has 0 bridgehead atoms. The van der Waals surface area contributed by atoms with Crippen molar-refractivity contribution in [2.45, 2.75) is 53.9 Å². The van der Waals surface area contributed by atoms with Crippen molar-refractivity contribution in [2.75, 3.05) is 0 Å². The fourth-order valence-corrected chi connectivity index (χ4v) is 3.42. The van der Waals surface area contributed by atoms with Gasteiger partial charge in [-0.3, -0.25) is 4.79 Å². The van der Waals surface area contributed by atoms with Gasteiger partial charge in [-0.1, -0.05) is 79.6 Å². The van der Waals surface area contributed by atoms with Crippen LogP contribution < -0.4 is 0 Å². The highest BCUT2D eigenvalue weighted by molar-refractivity contribution is 5.94. The molecule has 0 saturated heterocycles. The first-order chi connectivity index (χ1) is 11.8. The van der Waals surface area contributed by atoms with Crippen molar-refractivity contribution in [1.29, 1.82) is 0 Å². The van der Waals surface area contributed by atoms with E-state index >= 15 is 0 Å². The van der Waals surface area contributed by atoms with E-state index in [0.29, 0.717) is 0 Å². The molecule has 1 aromatic rings. The Morgan fingerprint density at radius 2 is 1.76 bits per heavy atom. The third-order valence-electron chi connectivity index (χ3n) is 5.02. The van der Waals surface area contributed by atoms with Crippen molar-refractivity contribution in [3.8, 4) is 0 Å². The van der Waals surface area contributed by atoms with Crippen LogP contribution in [0, 0.1) is 5.41 Å². The molecule has 0 N–H and O–H groups in total. The summed E-state index contributed by atoms with van der Waals surface area (Å²) in [6.07, 6.45) is 14.6. The lowest BCUT2D eigenvalue weighted by atomic mass is 9.72. The third kappa shape index (κ3) is 5.42. The Balaban J connectivity index is 2.05. The average Bonchev–Trinajstić information content (AvgIpc) is 2.54. The summed E-state index contributed by atoms with van der Waals surface area (Å²) in [5.74, 6) is 0.103. The lowest BCUT2D eigenvalue weighted by Crippen LogP contribution is -2.19. The van der Waals surface area contributed by atoms with Crippen LogP contribution in [-0.2, 0) is 0 Å². The van der Waals surface area contributed by atoms with Crippen molar-refractivity contribution >= 4 is 11.9 Å². The molecule has 0 amide bonds. The summed E-state index contributed by atoms with van der Waals surface area (Å²) in [5.41, 5.74) is 6.40. The molecule has 0 saturated carbocycles. The van der Waals surface area contributed by atoms with Crippen molar-refractivity contribution in [2.24, 2.45) is 5.41 Å². The van der Waals surface area contributed by atoms with E-state index in [4.69, 9.17) is 0 Å². The maximum absolute atomic E-state index is 11.3. The zero-order valence-corrected chi connectivity index (χ0v) is 16.2. The molecule has 0 unspecified atom stereocenters. The number of ketones is 1. The van der Waals surface area contributed by atoms with Gasteiger partial charge in [0.25, 0.3) is 0 Å². The molecule has 0 radical (unpaired) electrons. The Hall–Kier alpha value is -2.15. The molecular formula is C24H30O. The van der Waals surface area contributed by atoms with Gasteiger partial charge in [0, 0.05) is 5.56 Å². The van der Waals surface area contributed by atoms with Gasteiger partial charge in [0.15, 0.2) is 5.78 Å². The fraction of sp³-hybridized carbons (Fsp3) is 0.375. The van der Waals surface area contributed by atoms with Crippen LogP contribution in [0.3, 0.4) is 0 Å². The lowest BCUT2D eigenvalue weighted by molar-refractivity contribution is 0.101. The van der Waals surface area contributed by atoms with E-state index in [9.17, 15) is 4.79 Å². The zero-order valence-electron chi connectivity index (χ0n) is 16.2. The Bertz CT molecular complexity index is 737. The number of carbonyl (C=O) groups is 1. The molecule has 0 spiro atoms. The van der Waals surface area contributed by atoms with Gasteiger partial charge in [0.1, 0.15) is 0 Å². The van der Waals surface area contributed by atoms with E-state index in [1.165, 1.54) is 36.0 Å². The number of hydrogen-bond acceptors (Lipinski definition) is 1. The van der Waals surface area contributed by atoms with E-state index in [2.05, 4.69) is 58.1 Å². The van der Waals surface area contributed by atoms with Crippen LogP contribution in [0.2, 0.25) is 0 Å². The molecule has 1 aliphatic carbocycles. The second kappa shape index (κ2) is 8.29. The highest BCUT2D eigenvalue weighted by Gasteiger charge is 2.26. The molecule has 0 fully saturated rings. The topological polar surface area (TPSA) is 17.1 Å². The first kappa shape index (κ1) is 19.2. The Morgan fingerprint density at radius 3 is 2.36 bits per heavy atom. The minimum Gasteiger partial charge on any atom is -0.295 e. The van der Waals surface area contributed by atoms with Gasteiger partial charge in [-0.25, -0.2) is 0 Å². The SMILES string of the molecule is CC(=O)c1ccc(/C=C/C=C(C)/C=C/C2=C(C)CCCC2(C)C)cc1. The summed E-state index contributed by atoms with van der Waals surface area (Å²) in [4.78, 5) is 11.3. The molecule has 0 aromatic heterocycles. The van der Waals surface area contributed by atoms with Crippen LogP contribution in [0.1, 0.15) is 69.8 Å². The van der Waals surface area contributed by atoms with Gasteiger partial charge in [-0.05, 0) is 56.6 Å². The van der Waals surface area contributed by atoms with Crippen molar-refractivity contribution in [3.63, 3.8) is 0 Å². The summed E-state index contributed by atoms with van der Waals surface area (Å²) in [7, 11) is 0. The molecule has 2 rings (SSSR count). The predicted octanol–water partition coefficient (Wildman–Crippen LogP) is 6.93. The van der Waals surface area contributed by atoms with Gasteiger partial charge in [-0.2, -0.15) is 0 Å². The largest absolute Gasteiger partial charge is 0.295 e. The second-order valence-corrected chi connectivity index (χ2v) is 7.71. The Kier molecular flexibility index (Phi) is 6.36. The smallest absolute Gasteiger partial charge is 0.159 e. The number of benzene rings is 1. The van der Waals surface area contributed by atoms with Crippen molar-refractivity contribution in [1.82, 2.24) is 0 Å². The quantitative estimate of drug-likeness (QED) is 0.421.